The van der Waals surface area contributed by atoms with Crippen LogP contribution in [0.5, 0.6) is 5.75 Å². The first-order valence-corrected chi connectivity index (χ1v) is 11.0. The highest BCUT2D eigenvalue weighted by molar-refractivity contribution is 5.98. The maximum Gasteiger partial charge on any atom is 0.573 e. The standard InChI is InChI=1S/C24H21F3N6O2/c1-15-8-9-19(33-29-10-11-30-33)17(13-15)23(34)32-12-4-6-20(32)22-28-14-18(31-22)16-5-2-3-7-21(16)35-24(25,26)27/h2-3,5,7-11,13-14,20H,4,6,12H2,1H3,(H,28,31). The zero-order valence-electron chi connectivity index (χ0n) is 18.7. The quantitative estimate of drug-likeness (QED) is 0.440. The summed E-state index contributed by atoms with van der Waals surface area (Å²) >= 11 is 0. The molecule has 1 amide bonds. The molecule has 5 rings (SSSR count). The van der Waals surface area contributed by atoms with E-state index >= 15 is 0 Å². The Hall–Kier alpha value is -4.15. The largest absolute Gasteiger partial charge is 0.573 e. The van der Waals surface area contributed by atoms with Gasteiger partial charge in [-0.05, 0) is 44.0 Å². The average molecular weight is 482 g/mol. The molecule has 2 aromatic carbocycles. The second-order valence-electron chi connectivity index (χ2n) is 8.22. The van der Waals surface area contributed by atoms with Crippen molar-refractivity contribution in [3.05, 3.63) is 78.0 Å². The molecule has 0 spiro atoms. The van der Waals surface area contributed by atoms with Crippen molar-refractivity contribution < 1.29 is 22.7 Å². The highest BCUT2D eigenvalue weighted by Crippen LogP contribution is 2.36. The molecule has 11 heteroatoms. The summed E-state index contributed by atoms with van der Waals surface area (Å²) in [6.07, 6.45) is 1.15. The number of alkyl halides is 3. The van der Waals surface area contributed by atoms with E-state index in [1.165, 1.54) is 41.6 Å². The van der Waals surface area contributed by atoms with Gasteiger partial charge in [0.25, 0.3) is 5.91 Å². The first-order chi connectivity index (χ1) is 16.8. The molecular weight excluding hydrogens is 461 g/mol. The highest BCUT2D eigenvalue weighted by atomic mass is 19.4. The summed E-state index contributed by atoms with van der Waals surface area (Å²) in [7, 11) is 0. The number of hydrogen-bond donors (Lipinski definition) is 1. The average Bonchev–Trinajstić information content (AvgIpc) is 3.59. The molecule has 1 aliphatic rings. The van der Waals surface area contributed by atoms with Crippen molar-refractivity contribution in [3.8, 4) is 22.7 Å². The lowest BCUT2D eigenvalue weighted by Crippen LogP contribution is -2.32. The summed E-state index contributed by atoms with van der Waals surface area (Å²) < 4.78 is 42.7. The molecule has 3 heterocycles. The van der Waals surface area contributed by atoms with Crippen LogP contribution in [0.4, 0.5) is 13.2 Å². The molecule has 35 heavy (non-hydrogen) atoms. The normalized spacial score (nSPS) is 16.0. The van der Waals surface area contributed by atoms with Gasteiger partial charge in [0.2, 0.25) is 0 Å². The third-order valence-corrected chi connectivity index (χ3v) is 5.84. The Balaban J connectivity index is 1.45. The lowest BCUT2D eigenvalue weighted by Gasteiger charge is -2.24. The second kappa shape index (κ2) is 8.90. The van der Waals surface area contributed by atoms with Crippen LogP contribution >= 0.6 is 0 Å². The number of aromatic amines is 1. The first kappa shape index (κ1) is 22.6. The summed E-state index contributed by atoms with van der Waals surface area (Å²) in [5.41, 5.74) is 2.54. The van der Waals surface area contributed by atoms with Gasteiger partial charge in [-0.25, -0.2) is 4.98 Å². The molecule has 1 N–H and O–H groups in total. The number of para-hydroxylation sites is 1. The molecule has 2 aromatic heterocycles. The highest BCUT2D eigenvalue weighted by Gasteiger charge is 2.35. The zero-order chi connectivity index (χ0) is 24.6. The van der Waals surface area contributed by atoms with Gasteiger partial charge in [-0.3, -0.25) is 4.79 Å². The van der Waals surface area contributed by atoms with E-state index in [-0.39, 0.29) is 23.3 Å². The van der Waals surface area contributed by atoms with Gasteiger partial charge in [-0.15, -0.1) is 13.2 Å². The van der Waals surface area contributed by atoms with E-state index in [0.29, 0.717) is 35.7 Å². The Morgan fingerprint density at radius 1 is 1.14 bits per heavy atom. The molecule has 0 saturated carbocycles. The molecule has 1 atom stereocenters. The predicted molar refractivity (Wildman–Crippen MR) is 120 cm³/mol. The molecule has 4 aromatic rings. The number of carbonyl (C=O) groups is 1. The summed E-state index contributed by atoms with van der Waals surface area (Å²) in [5.74, 6) is -0.0213. The zero-order valence-corrected chi connectivity index (χ0v) is 18.7. The molecule has 0 bridgehead atoms. The fraction of sp³-hybridized carbons (Fsp3) is 0.250. The van der Waals surface area contributed by atoms with Crippen LogP contribution in [0.1, 0.15) is 40.6 Å². The van der Waals surface area contributed by atoms with Crippen molar-refractivity contribution in [2.24, 2.45) is 0 Å². The molecule has 0 radical (unpaired) electrons. The molecule has 1 aliphatic heterocycles. The van der Waals surface area contributed by atoms with Gasteiger partial charge in [0, 0.05) is 12.1 Å². The molecule has 1 fully saturated rings. The van der Waals surface area contributed by atoms with Crippen molar-refractivity contribution in [1.29, 1.82) is 0 Å². The van der Waals surface area contributed by atoms with Crippen LogP contribution in [0.25, 0.3) is 16.9 Å². The number of amides is 1. The summed E-state index contributed by atoms with van der Waals surface area (Å²) in [6, 6.07) is 11.0. The van der Waals surface area contributed by atoms with E-state index in [2.05, 4.69) is 24.9 Å². The minimum absolute atomic E-state index is 0.192. The van der Waals surface area contributed by atoms with Gasteiger partial charge in [0.05, 0.1) is 41.6 Å². The van der Waals surface area contributed by atoms with Crippen LogP contribution in [0.3, 0.4) is 0 Å². The molecule has 0 aliphatic carbocycles. The smallest absolute Gasteiger partial charge is 0.405 e. The lowest BCUT2D eigenvalue weighted by molar-refractivity contribution is -0.274. The van der Waals surface area contributed by atoms with Gasteiger partial charge in [0.15, 0.2) is 0 Å². The number of likely N-dealkylation sites (tertiary alicyclic amines) is 1. The van der Waals surface area contributed by atoms with Gasteiger partial charge in [-0.1, -0.05) is 23.8 Å². The van der Waals surface area contributed by atoms with Crippen LogP contribution in [0.15, 0.2) is 61.1 Å². The minimum atomic E-state index is -4.82. The first-order valence-electron chi connectivity index (χ1n) is 11.0. The van der Waals surface area contributed by atoms with Crippen LogP contribution < -0.4 is 4.74 Å². The number of carbonyl (C=O) groups excluding carboxylic acids is 1. The van der Waals surface area contributed by atoms with Gasteiger partial charge < -0.3 is 14.6 Å². The maximum absolute atomic E-state index is 13.7. The predicted octanol–water partition coefficient (Wildman–Crippen LogP) is 4.84. The van der Waals surface area contributed by atoms with E-state index < -0.39 is 6.36 Å². The number of H-pyrrole nitrogens is 1. The van der Waals surface area contributed by atoms with Crippen molar-refractivity contribution in [2.45, 2.75) is 32.2 Å². The molecule has 180 valence electrons. The number of nitrogens with zero attached hydrogens (tertiary/aromatic N) is 5. The number of halogens is 3. The maximum atomic E-state index is 13.7. The Bertz CT molecular complexity index is 1350. The van der Waals surface area contributed by atoms with Crippen molar-refractivity contribution in [3.63, 3.8) is 0 Å². The molecule has 1 saturated heterocycles. The van der Waals surface area contributed by atoms with E-state index in [1.54, 1.807) is 23.1 Å². The van der Waals surface area contributed by atoms with Gasteiger partial charge in [-0.2, -0.15) is 15.0 Å². The van der Waals surface area contributed by atoms with Gasteiger partial charge in [0.1, 0.15) is 11.6 Å². The van der Waals surface area contributed by atoms with E-state index in [0.717, 1.165) is 12.0 Å². The second-order valence-corrected chi connectivity index (χ2v) is 8.22. The monoisotopic (exact) mass is 482 g/mol. The number of hydrogen-bond acceptors (Lipinski definition) is 5. The topological polar surface area (TPSA) is 88.9 Å². The van der Waals surface area contributed by atoms with Crippen LogP contribution in [-0.2, 0) is 0 Å². The van der Waals surface area contributed by atoms with Crippen molar-refractivity contribution >= 4 is 5.91 Å². The Kier molecular flexibility index (Phi) is 5.75. The van der Waals surface area contributed by atoms with Crippen molar-refractivity contribution in [2.75, 3.05) is 6.54 Å². The molecule has 1 unspecified atom stereocenters. The van der Waals surface area contributed by atoms with Gasteiger partial charge >= 0.3 is 6.36 Å². The van der Waals surface area contributed by atoms with E-state index in [1.807, 2.05) is 13.0 Å². The lowest BCUT2D eigenvalue weighted by atomic mass is 10.1. The number of aryl methyl sites for hydroxylation is 1. The van der Waals surface area contributed by atoms with E-state index in [9.17, 15) is 18.0 Å². The van der Waals surface area contributed by atoms with Crippen LogP contribution in [-0.4, -0.2) is 48.7 Å². The Labute approximate surface area is 198 Å². The minimum Gasteiger partial charge on any atom is -0.405 e. The number of aromatic nitrogens is 5. The number of rotatable bonds is 5. The third-order valence-electron chi connectivity index (χ3n) is 5.84. The summed E-state index contributed by atoms with van der Waals surface area (Å²) in [5, 5.41) is 8.32. The Morgan fingerprint density at radius 3 is 2.69 bits per heavy atom. The number of benzene rings is 2. The molecular formula is C24H21F3N6O2. The SMILES string of the molecule is Cc1ccc(-n2nccn2)c(C(=O)N2CCCC2c2ncc(-c3ccccc3OC(F)(F)F)[nH]2)c1. The summed E-state index contributed by atoms with van der Waals surface area (Å²) in [6.45, 7) is 2.42. The number of ether oxygens (including phenoxy) is 1. The number of imidazole rings is 1. The fourth-order valence-electron chi connectivity index (χ4n) is 4.33. The molecule has 8 nitrogen and oxygen atoms in total. The van der Waals surface area contributed by atoms with E-state index in [4.69, 9.17) is 0 Å². The fourth-order valence-corrected chi connectivity index (χ4v) is 4.33. The van der Waals surface area contributed by atoms with Crippen molar-refractivity contribution in [1.82, 2.24) is 29.9 Å². The third kappa shape index (κ3) is 4.61. The van der Waals surface area contributed by atoms with Crippen LogP contribution in [0, 0.1) is 6.92 Å². The Morgan fingerprint density at radius 2 is 1.91 bits per heavy atom. The summed E-state index contributed by atoms with van der Waals surface area (Å²) in [4.78, 5) is 24.3. The number of nitrogens with one attached hydrogen (secondary N) is 1. The van der Waals surface area contributed by atoms with Crippen LogP contribution in [0.2, 0.25) is 0 Å².